The van der Waals surface area contributed by atoms with E-state index >= 15 is 0 Å². The van der Waals surface area contributed by atoms with Gasteiger partial charge in [0.15, 0.2) is 5.96 Å². The number of benzene rings is 1. The third-order valence-electron chi connectivity index (χ3n) is 3.55. The summed E-state index contributed by atoms with van der Waals surface area (Å²) in [7, 11) is 2.11. The number of aliphatic imine (C=N–C) groups is 1. The van der Waals surface area contributed by atoms with Gasteiger partial charge in [-0.3, -0.25) is 4.99 Å². The highest BCUT2D eigenvalue weighted by atomic mass is 16.5. The van der Waals surface area contributed by atoms with Gasteiger partial charge in [0.1, 0.15) is 12.4 Å². The van der Waals surface area contributed by atoms with Crippen molar-refractivity contribution in [3.05, 3.63) is 30.3 Å². The molecule has 0 amide bonds. The highest BCUT2D eigenvalue weighted by molar-refractivity contribution is 5.79. The van der Waals surface area contributed by atoms with Crippen LogP contribution >= 0.6 is 0 Å². The summed E-state index contributed by atoms with van der Waals surface area (Å²) in [4.78, 5) is 6.88. The van der Waals surface area contributed by atoms with Crippen LogP contribution in [0.2, 0.25) is 0 Å². The summed E-state index contributed by atoms with van der Waals surface area (Å²) >= 11 is 0. The highest BCUT2D eigenvalue weighted by Crippen LogP contribution is 2.07. The fourth-order valence-electron chi connectivity index (χ4n) is 2.37. The minimum Gasteiger partial charge on any atom is -0.492 e. The van der Waals surface area contributed by atoms with Gasteiger partial charge < -0.3 is 25.0 Å². The Morgan fingerprint density at radius 1 is 1.35 bits per heavy atom. The number of morpholine rings is 1. The Balaban J connectivity index is 1.70. The number of guanidine groups is 1. The van der Waals surface area contributed by atoms with Gasteiger partial charge in [-0.1, -0.05) is 18.2 Å². The smallest absolute Gasteiger partial charge is 0.191 e. The molecule has 6 nitrogen and oxygen atoms in total. The summed E-state index contributed by atoms with van der Waals surface area (Å²) in [5.41, 5.74) is 0. The van der Waals surface area contributed by atoms with Crippen molar-refractivity contribution >= 4 is 5.96 Å². The molecule has 0 saturated carbocycles. The number of rotatable bonds is 7. The lowest BCUT2D eigenvalue weighted by Gasteiger charge is -2.29. The third kappa shape index (κ3) is 6.88. The van der Waals surface area contributed by atoms with Crippen molar-refractivity contribution < 1.29 is 9.47 Å². The molecular formula is C17H28N4O2. The molecular weight excluding hydrogens is 292 g/mol. The van der Waals surface area contributed by atoms with Crippen LogP contribution < -0.4 is 15.4 Å². The first-order chi connectivity index (χ1) is 11.3. The molecule has 0 spiro atoms. The molecule has 128 valence electrons. The quantitative estimate of drug-likeness (QED) is 0.445. The summed E-state index contributed by atoms with van der Waals surface area (Å²) in [6.45, 7) is 7.56. The number of nitrogens with zero attached hydrogens (tertiary/aromatic N) is 2. The zero-order valence-electron chi connectivity index (χ0n) is 14.1. The molecule has 1 fully saturated rings. The Kier molecular flexibility index (Phi) is 7.69. The van der Waals surface area contributed by atoms with Crippen molar-refractivity contribution in [2.45, 2.75) is 13.0 Å². The van der Waals surface area contributed by atoms with Crippen LogP contribution in [0.4, 0.5) is 0 Å². The molecule has 1 aromatic rings. The van der Waals surface area contributed by atoms with E-state index in [2.05, 4.69) is 34.5 Å². The Morgan fingerprint density at radius 2 is 2.17 bits per heavy atom. The number of hydrogen-bond acceptors (Lipinski definition) is 4. The lowest BCUT2D eigenvalue weighted by atomic mass is 10.3. The van der Waals surface area contributed by atoms with Gasteiger partial charge in [0.25, 0.3) is 0 Å². The minimum absolute atomic E-state index is 0.171. The van der Waals surface area contributed by atoms with E-state index in [0.717, 1.165) is 38.0 Å². The van der Waals surface area contributed by atoms with Gasteiger partial charge in [0.2, 0.25) is 0 Å². The molecule has 23 heavy (non-hydrogen) atoms. The van der Waals surface area contributed by atoms with Crippen LogP contribution in [0.5, 0.6) is 5.75 Å². The Hall–Kier alpha value is -1.79. The van der Waals surface area contributed by atoms with Gasteiger partial charge in [-0.15, -0.1) is 0 Å². The van der Waals surface area contributed by atoms with E-state index in [0.29, 0.717) is 19.7 Å². The van der Waals surface area contributed by atoms with E-state index < -0.39 is 0 Å². The van der Waals surface area contributed by atoms with Crippen molar-refractivity contribution in [1.29, 1.82) is 0 Å². The molecule has 1 aromatic carbocycles. The molecule has 0 aromatic heterocycles. The molecule has 2 rings (SSSR count). The number of nitrogens with one attached hydrogen (secondary N) is 2. The van der Waals surface area contributed by atoms with Crippen LogP contribution in [0, 0.1) is 0 Å². The molecule has 0 bridgehead atoms. The fraction of sp³-hybridized carbons (Fsp3) is 0.588. The maximum atomic E-state index is 5.73. The van der Waals surface area contributed by atoms with Crippen LogP contribution in [-0.2, 0) is 4.74 Å². The predicted molar refractivity (Wildman–Crippen MR) is 93.2 cm³/mol. The third-order valence-corrected chi connectivity index (χ3v) is 3.55. The van der Waals surface area contributed by atoms with Gasteiger partial charge in [-0.25, -0.2) is 0 Å². The number of likely N-dealkylation sites (N-methyl/N-ethyl adjacent to an activating group) is 1. The topological polar surface area (TPSA) is 58.1 Å². The van der Waals surface area contributed by atoms with Crippen molar-refractivity contribution in [3.8, 4) is 5.75 Å². The van der Waals surface area contributed by atoms with Crippen LogP contribution in [-0.4, -0.2) is 69.9 Å². The molecule has 1 heterocycles. The maximum Gasteiger partial charge on any atom is 0.191 e. The van der Waals surface area contributed by atoms with E-state index in [9.17, 15) is 0 Å². The molecule has 2 N–H and O–H groups in total. The molecule has 0 aliphatic carbocycles. The SMILES string of the molecule is CCNC(=NCC1CN(C)CCO1)NCCOc1ccccc1. The van der Waals surface area contributed by atoms with Gasteiger partial charge in [-0.05, 0) is 26.1 Å². The first kappa shape index (κ1) is 17.6. The first-order valence-corrected chi connectivity index (χ1v) is 8.28. The largest absolute Gasteiger partial charge is 0.492 e. The fourth-order valence-corrected chi connectivity index (χ4v) is 2.37. The Labute approximate surface area is 138 Å². The molecule has 1 aliphatic heterocycles. The monoisotopic (exact) mass is 320 g/mol. The summed E-state index contributed by atoms with van der Waals surface area (Å²) in [6.07, 6.45) is 0.171. The van der Waals surface area contributed by atoms with Crippen molar-refractivity contribution in [2.24, 2.45) is 4.99 Å². The molecule has 1 aliphatic rings. The Bertz CT molecular complexity index is 467. The zero-order chi connectivity index (χ0) is 16.3. The number of para-hydroxylation sites is 1. The first-order valence-electron chi connectivity index (χ1n) is 8.28. The van der Waals surface area contributed by atoms with E-state index in [1.807, 2.05) is 30.3 Å². The molecule has 1 unspecified atom stereocenters. The average molecular weight is 320 g/mol. The molecule has 0 radical (unpaired) electrons. The highest BCUT2D eigenvalue weighted by Gasteiger charge is 2.17. The van der Waals surface area contributed by atoms with Gasteiger partial charge in [0.05, 0.1) is 25.8 Å². The van der Waals surface area contributed by atoms with Gasteiger partial charge in [0, 0.05) is 19.6 Å². The van der Waals surface area contributed by atoms with Crippen LogP contribution in [0.1, 0.15) is 6.92 Å². The summed E-state index contributed by atoms with van der Waals surface area (Å²) in [5.74, 6) is 1.69. The van der Waals surface area contributed by atoms with Crippen LogP contribution in [0.15, 0.2) is 35.3 Å². The second-order valence-corrected chi connectivity index (χ2v) is 5.56. The number of hydrogen-bond donors (Lipinski definition) is 2. The lowest BCUT2D eigenvalue weighted by molar-refractivity contribution is -0.0136. The van der Waals surface area contributed by atoms with Gasteiger partial charge >= 0.3 is 0 Å². The minimum atomic E-state index is 0.171. The second-order valence-electron chi connectivity index (χ2n) is 5.56. The summed E-state index contributed by atoms with van der Waals surface area (Å²) in [5, 5.41) is 6.53. The predicted octanol–water partition coefficient (Wildman–Crippen LogP) is 0.951. The molecule has 6 heteroatoms. The lowest BCUT2D eigenvalue weighted by Crippen LogP contribution is -2.43. The second kappa shape index (κ2) is 10.1. The normalized spacial score (nSPS) is 19.4. The van der Waals surface area contributed by atoms with Crippen molar-refractivity contribution in [1.82, 2.24) is 15.5 Å². The molecule has 1 saturated heterocycles. The van der Waals surface area contributed by atoms with E-state index in [1.165, 1.54) is 0 Å². The van der Waals surface area contributed by atoms with E-state index in [4.69, 9.17) is 9.47 Å². The Morgan fingerprint density at radius 3 is 2.91 bits per heavy atom. The maximum absolute atomic E-state index is 5.73. The van der Waals surface area contributed by atoms with Crippen molar-refractivity contribution in [2.75, 3.05) is 53.0 Å². The van der Waals surface area contributed by atoms with E-state index in [-0.39, 0.29) is 6.10 Å². The van der Waals surface area contributed by atoms with Gasteiger partial charge in [-0.2, -0.15) is 0 Å². The zero-order valence-corrected chi connectivity index (χ0v) is 14.1. The number of ether oxygens (including phenoxy) is 2. The standard InChI is InChI=1S/C17H28N4O2/c1-3-18-17(20-13-16-14-21(2)10-12-23-16)19-9-11-22-15-7-5-4-6-8-15/h4-8,16H,3,9-14H2,1-2H3,(H2,18,19,20). The summed E-state index contributed by atoms with van der Waals surface area (Å²) in [6, 6.07) is 9.82. The average Bonchev–Trinajstić information content (AvgIpc) is 2.57. The van der Waals surface area contributed by atoms with Crippen LogP contribution in [0.25, 0.3) is 0 Å². The summed E-state index contributed by atoms with van der Waals surface area (Å²) < 4.78 is 11.4. The molecule has 1 atom stereocenters. The van der Waals surface area contributed by atoms with Crippen LogP contribution in [0.3, 0.4) is 0 Å². The van der Waals surface area contributed by atoms with E-state index in [1.54, 1.807) is 0 Å². The van der Waals surface area contributed by atoms with Crippen molar-refractivity contribution in [3.63, 3.8) is 0 Å².